The minimum absolute atomic E-state index is 0.198. The molecule has 2 amide bonds. The summed E-state index contributed by atoms with van der Waals surface area (Å²) in [6.07, 6.45) is 0.828. The van der Waals surface area contributed by atoms with E-state index in [4.69, 9.17) is 9.84 Å². The molecule has 21 heavy (non-hydrogen) atoms. The number of carboxylic acids is 1. The van der Waals surface area contributed by atoms with Crippen LogP contribution in [0.15, 0.2) is 12.1 Å². The summed E-state index contributed by atoms with van der Waals surface area (Å²) in [5.74, 6) is -3.59. The normalized spacial score (nSPS) is 17.5. The smallest absolute Gasteiger partial charge is 0.338 e. The lowest BCUT2D eigenvalue weighted by molar-refractivity contribution is 0.0692. The SMILES string of the molecule is O=C(NCC1CCOC1)Nc1cc(C(=O)O)c(F)cc1F. The summed E-state index contributed by atoms with van der Waals surface area (Å²) in [5, 5.41) is 13.4. The number of halogens is 2. The number of carbonyl (C=O) groups excluding carboxylic acids is 1. The van der Waals surface area contributed by atoms with Gasteiger partial charge in [0.1, 0.15) is 11.6 Å². The highest BCUT2D eigenvalue weighted by atomic mass is 19.1. The Hall–Kier alpha value is -2.22. The van der Waals surface area contributed by atoms with E-state index in [9.17, 15) is 18.4 Å². The quantitative estimate of drug-likeness (QED) is 0.791. The number of rotatable bonds is 4. The maximum Gasteiger partial charge on any atom is 0.338 e. The van der Waals surface area contributed by atoms with E-state index in [0.717, 1.165) is 12.5 Å². The van der Waals surface area contributed by atoms with Gasteiger partial charge in [0.05, 0.1) is 17.9 Å². The molecule has 1 aliphatic heterocycles. The molecule has 3 N–H and O–H groups in total. The van der Waals surface area contributed by atoms with E-state index in [2.05, 4.69) is 10.6 Å². The van der Waals surface area contributed by atoms with E-state index < -0.39 is 34.9 Å². The number of carboxylic acid groups (broad SMARTS) is 1. The van der Waals surface area contributed by atoms with Crippen LogP contribution in [0.25, 0.3) is 0 Å². The molecule has 1 saturated heterocycles. The van der Waals surface area contributed by atoms with Gasteiger partial charge in [-0.05, 0) is 12.5 Å². The number of hydrogen-bond acceptors (Lipinski definition) is 3. The Labute approximate surface area is 119 Å². The lowest BCUT2D eigenvalue weighted by atomic mass is 10.1. The van der Waals surface area contributed by atoms with Crippen LogP contribution < -0.4 is 10.6 Å². The van der Waals surface area contributed by atoms with Gasteiger partial charge in [0.2, 0.25) is 0 Å². The highest BCUT2D eigenvalue weighted by molar-refractivity contribution is 5.93. The van der Waals surface area contributed by atoms with Crippen molar-refractivity contribution in [2.45, 2.75) is 6.42 Å². The number of anilines is 1. The second-order valence-electron chi connectivity index (χ2n) is 4.68. The van der Waals surface area contributed by atoms with Gasteiger partial charge in [-0.15, -0.1) is 0 Å². The summed E-state index contributed by atoms with van der Waals surface area (Å²) in [6, 6.07) is 0.471. The summed E-state index contributed by atoms with van der Waals surface area (Å²) in [7, 11) is 0. The Morgan fingerprint density at radius 1 is 1.33 bits per heavy atom. The molecule has 1 fully saturated rings. The minimum atomic E-state index is -1.54. The van der Waals surface area contributed by atoms with Crippen LogP contribution in [-0.2, 0) is 4.74 Å². The molecule has 1 atom stereocenters. The van der Waals surface area contributed by atoms with Crippen molar-refractivity contribution in [1.82, 2.24) is 5.32 Å². The molecule has 8 heteroatoms. The number of urea groups is 1. The Morgan fingerprint density at radius 3 is 2.71 bits per heavy atom. The third-order valence-electron chi connectivity index (χ3n) is 3.11. The first-order valence-electron chi connectivity index (χ1n) is 6.32. The van der Waals surface area contributed by atoms with Crippen molar-refractivity contribution < 1.29 is 28.2 Å². The van der Waals surface area contributed by atoms with Gasteiger partial charge in [-0.2, -0.15) is 0 Å². The molecule has 0 aromatic heterocycles. The average Bonchev–Trinajstić information content (AvgIpc) is 2.92. The van der Waals surface area contributed by atoms with Gasteiger partial charge in [0.25, 0.3) is 0 Å². The van der Waals surface area contributed by atoms with Gasteiger partial charge in [0, 0.05) is 25.1 Å². The first kappa shape index (κ1) is 15.2. The number of aromatic carboxylic acids is 1. The molecule has 0 radical (unpaired) electrons. The molecular formula is C13H14F2N2O4. The maximum atomic E-state index is 13.5. The molecule has 1 unspecified atom stereocenters. The van der Waals surface area contributed by atoms with Gasteiger partial charge in [0.15, 0.2) is 0 Å². The number of carbonyl (C=O) groups is 2. The molecule has 1 aromatic rings. The fourth-order valence-electron chi connectivity index (χ4n) is 1.96. The Balaban J connectivity index is 1.99. The van der Waals surface area contributed by atoms with E-state index in [1.165, 1.54) is 0 Å². The second-order valence-corrected chi connectivity index (χ2v) is 4.68. The Bertz CT molecular complexity index is 559. The van der Waals surface area contributed by atoms with Crippen LogP contribution in [0.5, 0.6) is 0 Å². The van der Waals surface area contributed by atoms with Crippen molar-refractivity contribution in [3.05, 3.63) is 29.3 Å². The fraction of sp³-hybridized carbons (Fsp3) is 0.385. The number of amides is 2. The minimum Gasteiger partial charge on any atom is -0.478 e. The average molecular weight is 300 g/mol. The fourth-order valence-corrected chi connectivity index (χ4v) is 1.96. The molecule has 114 valence electrons. The zero-order valence-electron chi connectivity index (χ0n) is 11.0. The highest BCUT2D eigenvalue weighted by Crippen LogP contribution is 2.19. The molecule has 1 heterocycles. The molecule has 6 nitrogen and oxygen atoms in total. The van der Waals surface area contributed by atoms with Gasteiger partial charge in [-0.1, -0.05) is 0 Å². The summed E-state index contributed by atoms with van der Waals surface area (Å²) < 4.78 is 31.9. The van der Waals surface area contributed by atoms with E-state index in [0.29, 0.717) is 25.8 Å². The predicted molar refractivity (Wildman–Crippen MR) is 69.3 cm³/mol. The highest BCUT2D eigenvalue weighted by Gasteiger charge is 2.18. The summed E-state index contributed by atoms with van der Waals surface area (Å²) in [4.78, 5) is 22.4. The predicted octanol–water partition coefficient (Wildman–Crippen LogP) is 1.82. The third kappa shape index (κ3) is 3.88. The monoisotopic (exact) mass is 300 g/mol. The van der Waals surface area contributed by atoms with E-state index in [1.54, 1.807) is 0 Å². The van der Waals surface area contributed by atoms with E-state index in [1.807, 2.05) is 0 Å². The van der Waals surface area contributed by atoms with Crippen LogP contribution in [-0.4, -0.2) is 36.9 Å². The Kier molecular flexibility index (Phi) is 4.69. The lowest BCUT2D eigenvalue weighted by Gasteiger charge is -2.12. The van der Waals surface area contributed by atoms with Crippen LogP contribution in [0, 0.1) is 17.6 Å². The third-order valence-corrected chi connectivity index (χ3v) is 3.11. The zero-order chi connectivity index (χ0) is 15.4. The number of benzene rings is 1. The second kappa shape index (κ2) is 6.49. The number of ether oxygens (including phenoxy) is 1. The first-order valence-corrected chi connectivity index (χ1v) is 6.32. The van der Waals surface area contributed by atoms with E-state index in [-0.39, 0.29) is 5.92 Å². The number of hydrogen-bond donors (Lipinski definition) is 3. The van der Waals surface area contributed by atoms with Crippen LogP contribution >= 0.6 is 0 Å². The molecule has 0 bridgehead atoms. The van der Waals surface area contributed by atoms with Crippen molar-refractivity contribution in [3.8, 4) is 0 Å². The van der Waals surface area contributed by atoms with Crippen molar-refractivity contribution in [3.63, 3.8) is 0 Å². The van der Waals surface area contributed by atoms with Crippen molar-refractivity contribution in [2.75, 3.05) is 25.1 Å². The van der Waals surface area contributed by atoms with Gasteiger partial charge in [-0.3, -0.25) is 0 Å². The van der Waals surface area contributed by atoms with Crippen molar-refractivity contribution in [2.24, 2.45) is 5.92 Å². The summed E-state index contributed by atoms with van der Waals surface area (Å²) in [5.41, 5.74) is -1.11. The van der Waals surface area contributed by atoms with Gasteiger partial charge >= 0.3 is 12.0 Å². The van der Waals surface area contributed by atoms with E-state index >= 15 is 0 Å². The van der Waals surface area contributed by atoms with Crippen LogP contribution in [0.3, 0.4) is 0 Å². The Morgan fingerprint density at radius 2 is 2.10 bits per heavy atom. The summed E-state index contributed by atoms with van der Waals surface area (Å²) in [6.45, 7) is 1.55. The van der Waals surface area contributed by atoms with Crippen LogP contribution in [0.1, 0.15) is 16.8 Å². The topological polar surface area (TPSA) is 87.7 Å². The largest absolute Gasteiger partial charge is 0.478 e. The molecule has 0 spiro atoms. The molecule has 1 aromatic carbocycles. The standard InChI is InChI=1S/C13H14F2N2O4/c14-9-4-10(15)11(3-8(9)12(18)19)17-13(20)16-5-7-1-2-21-6-7/h3-4,7H,1-2,5-6H2,(H,18,19)(H2,16,17,20). The van der Waals surface area contributed by atoms with Gasteiger partial charge < -0.3 is 20.5 Å². The molecule has 0 saturated carbocycles. The lowest BCUT2D eigenvalue weighted by Crippen LogP contribution is -2.33. The molecule has 0 aliphatic carbocycles. The van der Waals surface area contributed by atoms with Crippen LogP contribution in [0.2, 0.25) is 0 Å². The summed E-state index contributed by atoms with van der Waals surface area (Å²) >= 11 is 0. The number of nitrogens with one attached hydrogen (secondary N) is 2. The van der Waals surface area contributed by atoms with Crippen molar-refractivity contribution in [1.29, 1.82) is 0 Å². The maximum absolute atomic E-state index is 13.5. The molecule has 2 rings (SSSR count). The van der Waals surface area contributed by atoms with Crippen molar-refractivity contribution >= 4 is 17.7 Å². The van der Waals surface area contributed by atoms with Crippen LogP contribution in [0.4, 0.5) is 19.3 Å². The molecular weight excluding hydrogens is 286 g/mol. The molecule has 1 aliphatic rings. The van der Waals surface area contributed by atoms with Gasteiger partial charge in [-0.25, -0.2) is 18.4 Å². The zero-order valence-corrected chi connectivity index (χ0v) is 11.0. The first-order chi connectivity index (χ1) is 9.97.